The number of esters is 1. The first-order valence-corrected chi connectivity index (χ1v) is 7.81. The number of carbonyl (C=O) groups excluding carboxylic acids is 1. The average Bonchev–Trinajstić information content (AvgIpc) is 2.95. The van der Waals surface area contributed by atoms with Gasteiger partial charge in [-0.2, -0.15) is 4.98 Å². The van der Waals surface area contributed by atoms with Gasteiger partial charge in [-0.1, -0.05) is 13.8 Å². The lowest BCUT2D eigenvalue weighted by atomic mass is 9.91. The van der Waals surface area contributed by atoms with Crippen molar-refractivity contribution in [2.75, 3.05) is 11.9 Å². The highest BCUT2D eigenvalue weighted by Gasteiger charge is 2.27. The molecule has 0 bridgehead atoms. The summed E-state index contributed by atoms with van der Waals surface area (Å²) in [6.07, 6.45) is 5.62. The van der Waals surface area contributed by atoms with E-state index in [4.69, 9.17) is 9.15 Å². The van der Waals surface area contributed by atoms with Crippen LogP contribution in [-0.2, 0) is 4.74 Å². The number of carbonyl (C=O) groups is 1. The van der Waals surface area contributed by atoms with Gasteiger partial charge in [0.25, 0.3) is 6.01 Å². The van der Waals surface area contributed by atoms with Crippen molar-refractivity contribution in [1.29, 1.82) is 0 Å². The molecule has 21 heavy (non-hydrogen) atoms. The normalized spacial score (nSPS) is 25.6. The number of ether oxygens (including phenoxy) is 1. The smallest absolute Gasteiger partial charge is 0.360 e. The second-order valence-corrected chi connectivity index (χ2v) is 5.45. The van der Waals surface area contributed by atoms with E-state index in [1.165, 1.54) is 6.26 Å². The van der Waals surface area contributed by atoms with E-state index in [1.807, 2.05) is 0 Å². The van der Waals surface area contributed by atoms with E-state index < -0.39 is 5.97 Å². The third-order valence-corrected chi connectivity index (χ3v) is 3.91. The third-order valence-electron chi connectivity index (χ3n) is 3.91. The van der Waals surface area contributed by atoms with Gasteiger partial charge in [-0.05, 0) is 32.6 Å². The Kier molecular flexibility index (Phi) is 5.61. The molecule has 0 saturated carbocycles. The summed E-state index contributed by atoms with van der Waals surface area (Å²) in [6.45, 7) is 6.48. The molecule has 1 aromatic rings. The van der Waals surface area contributed by atoms with E-state index >= 15 is 0 Å². The maximum absolute atomic E-state index is 11.6. The van der Waals surface area contributed by atoms with Crippen LogP contribution in [0.25, 0.3) is 0 Å². The summed E-state index contributed by atoms with van der Waals surface area (Å²) in [7, 11) is 0. The van der Waals surface area contributed by atoms with Gasteiger partial charge in [0.05, 0.1) is 6.61 Å². The molecule has 6 heteroatoms. The molecular weight excluding hydrogens is 270 g/mol. The maximum Gasteiger partial charge on any atom is 0.360 e. The van der Waals surface area contributed by atoms with Crippen molar-refractivity contribution >= 4 is 12.0 Å². The molecule has 1 unspecified atom stereocenters. The maximum atomic E-state index is 11.6. The molecular formula is C15H25N3O3. The molecule has 2 heterocycles. The van der Waals surface area contributed by atoms with Crippen molar-refractivity contribution in [3.8, 4) is 0 Å². The van der Waals surface area contributed by atoms with Crippen LogP contribution in [0.5, 0.6) is 0 Å². The van der Waals surface area contributed by atoms with Gasteiger partial charge in [-0.15, -0.1) is 0 Å². The highest BCUT2D eigenvalue weighted by molar-refractivity contribution is 5.87. The third kappa shape index (κ3) is 4.20. The first-order valence-electron chi connectivity index (χ1n) is 7.81. The van der Waals surface area contributed by atoms with E-state index in [9.17, 15) is 4.79 Å². The lowest BCUT2D eigenvalue weighted by Gasteiger charge is -2.35. The molecule has 0 radical (unpaired) electrons. The predicted molar refractivity (Wildman–Crippen MR) is 80.4 cm³/mol. The van der Waals surface area contributed by atoms with Crippen LogP contribution in [0.1, 0.15) is 56.9 Å². The number of anilines is 1. The zero-order valence-corrected chi connectivity index (χ0v) is 13.0. The van der Waals surface area contributed by atoms with E-state index in [2.05, 4.69) is 29.5 Å². The lowest BCUT2D eigenvalue weighted by molar-refractivity contribution is 0.0519. The van der Waals surface area contributed by atoms with Crippen molar-refractivity contribution in [2.24, 2.45) is 0 Å². The van der Waals surface area contributed by atoms with Crippen LogP contribution < -0.4 is 10.6 Å². The Morgan fingerprint density at radius 3 is 2.62 bits per heavy atom. The van der Waals surface area contributed by atoms with E-state index in [-0.39, 0.29) is 5.69 Å². The Bertz CT molecular complexity index is 449. The predicted octanol–water partition coefficient (Wildman–Crippen LogP) is 2.57. The van der Waals surface area contributed by atoms with Crippen LogP contribution in [0.4, 0.5) is 6.01 Å². The zero-order valence-electron chi connectivity index (χ0n) is 13.0. The summed E-state index contributed by atoms with van der Waals surface area (Å²) in [5, 5.41) is 6.94. The minimum absolute atomic E-state index is 0.215. The molecule has 2 N–H and O–H groups in total. The molecule has 0 aromatic carbocycles. The SMILES string of the molecule is CCOC(=O)c1coc(NC2C[C@@H](CC)N[C@@H](CC)C2)n1. The molecule has 0 spiro atoms. The van der Waals surface area contributed by atoms with Crippen LogP contribution in [0, 0.1) is 0 Å². The molecule has 1 aromatic heterocycles. The summed E-state index contributed by atoms with van der Waals surface area (Å²) in [5.74, 6) is -0.447. The Morgan fingerprint density at radius 2 is 2.05 bits per heavy atom. The highest BCUT2D eigenvalue weighted by atomic mass is 16.5. The molecule has 6 nitrogen and oxygen atoms in total. The van der Waals surface area contributed by atoms with Crippen molar-refractivity contribution in [1.82, 2.24) is 10.3 Å². The van der Waals surface area contributed by atoms with Crippen LogP contribution in [-0.4, -0.2) is 35.7 Å². The largest absolute Gasteiger partial charge is 0.461 e. The van der Waals surface area contributed by atoms with Gasteiger partial charge in [0.2, 0.25) is 0 Å². The van der Waals surface area contributed by atoms with Gasteiger partial charge in [-0.25, -0.2) is 4.79 Å². The number of hydrogen-bond donors (Lipinski definition) is 2. The molecule has 1 aliphatic rings. The number of aromatic nitrogens is 1. The molecule has 2 rings (SSSR count). The Labute approximate surface area is 125 Å². The quantitative estimate of drug-likeness (QED) is 0.786. The average molecular weight is 295 g/mol. The van der Waals surface area contributed by atoms with Gasteiger partial charge in [0.1, 0.15) is 6.26 Å². The minimum Gasteiger partial charge on any atom is -0.461 e. The van der Waals surface area contributed by atoms with Crippen LogP contribution in [0.15, 0.2) is 10.7 Å². The Balaban J connectivity index is 1.95. The number of hydrogen-bond acceptors (Lipinski definition) is 6. The van der Waals surface area contributed by atoms with E-state index in [0.717, 1.165) is 25.7 Å². The van der Waals surface area contributed by atoms with Crippen molar-refractivity contribution < 1.29 is 13.9 Å². The van der Waals surface area contributed by atoms with Gasteiger partial charge in [0.15, 0.2) is 5.69 Å². The summed E-state index contributed by atoms with van der Waals surface area (Å²) in [6, 6.07) is 1.74. The van der Waals surface area contributed by atoms with Crippen molar-refractivity contribution in [3.05, 3.63) is 12.0 Å². The van der Waals surface area contributed by atoms with Crippen molar-refractivity contribution in [3.63, 3.8) is 0 Å². The van der Waals surface area contributed by atoms with Gasteiger partial charge in [0, 0.05) is 18.1 Å². The number of nitrogens with one attached hydrogen (secondary N) is 2. The van der Waals surface area contributed by atoms with Crippen LogP contribution in [0.3, 0.4) is 0 Å². The van der Waals surface area contributed by atoms with Gasteiger partial charge in [-0.3, -0.25) is 0 Å². The minimum atomic E-state index is -0.447. The second kappa shape index (κ2) is 7.45. The zero-order chi connectivity index (χ0) is 15.2. The van der Waals surface area contributed by atoms with Gasteiger partial charge >= 0.3 is 5.97 Å². The topological polar surface area (TPSA) is 76.4 Å². The summed E-state index contributed by atoms with van der Waals surface area (Å²) in [4.78, 5) is 15.7. The van der Waals surface area contributed by atoms with E-state index in [0.29, 0.717) is 30.7 Å². The number of piperidine rings is 1. The first kappa shape index (κ1) is 15.8. The molecule has 3 atom stereocenters. The standard InChI is InChI=1S/C15H25N3O3/c1-4-10-7-12(8-11(5-2)16-10)17-15-18-13(9-21-15)14(19)20-6-3/h9-12,16H,4-8H2,1-3H3,(H,17,18)/t10-,11+,12?. The van der Waals surface area contributed by atoms with Crippen LogP contribution >= 0.6 is 0 Å². The number of rotatable bonds is 6. The van der Waals surface area contributed by atoms with Gasteiger partial charge < -0.3 is 19.8 Å². The fourth-order valence-electron chi connectivity index (χ4n) is 2.75. The molecule has 1 fully saturated rings. The van der Waals surface area contributed by atoms with Crippen LogP contribution in [0.2, 0.25) is 0 Å². The highest BCUT2D eigenvalue weighted by Crippen LogP contribution is 2.21. The molecule has 1 aliphatic heterocycles. The second-order valence-electron chi connectivity index (χ2n) is 5.45. The lowest BCUT2D eigenvalue weighted by Crippen LogP contribution is -2.49. The van der Waals surface area contributed by atoms with E-state index in [1.54, 1.807) is 6.92 Å². The molecule has 1 saturated heterocycles. The Hall–Kier alpha value is -1.56. The monoisotopic (exact) mass is 295 g/mol. The fourth-order valence-corrected chi connectivity index (χ4v) is 2.75. The molecule has 118 valence electrons. The number of nitrogens with zero attached hydrogens (tertiary/aromatic N) is 1. The summed E-state index contributed by atoms with van der Waals surface area (Å²) in [5.41, 5.74) is 0.215. The molecule has 0 amide bonds. The summed E-state index contributed by atoms with van der Waals surface area (Å²) < 4.78 is 10.2. The fraction of sp³-hybridized carbons (Fsp3) is 0.733. The Morgan fingerprint density at radius 1 is 1.38 bits per heavy atom. The number of oxazole rings is 1. The first-order chi connectivity index (χ1) is 10.2. The molecule has 0 aliphatic carbocycles. The summed E-state index contributed by atoms with van der Waals surface area (Å²) >= 11 is 0. The van der Waals surface area contributed by atoms with Crippen molar-refractivity contribution in [2.45, 2.75) is 64.6 Å².